The summed E-state index contributed by atoms with van der Waals surface area (Å²) in [6, 6.07) is 0. The summed E-state index contributed by atoms with van der Waals surface area (Å²) in [7, 11) is 0. The first-order valence-electron chi connectivity index (χ1n) is 8.61. The third kappa shape index (κ3) is 7.31. The molecule has 1 atom stereocenters. The molecule has 19 heavy (non-hydrogen) atoms. The van der Waals surface area contributed by atoms with Crippen molar-refractivity contribution in [2.75, 3.05) is 26.3 Å². The van der Waals surface area contributed by atoms with Crippen LogP contribution in [0.5, 0.6) is 0 Å². The van der Waals surface area contributed by atoms with Crippen LogP contribution in [0.3, 0.4) is 0 Å². The first-order valence-corrected chi connectivity index (χ1v) is 8.61. The van der Waals surface area contributed by atoms with Crippen molar-refractivity contribution in [3.05, 3.63) is 0 Å². The van der Waals surface area contributed by atoms with E-state index in [0.29, 0.717) is 5.41 Å². The second-order valence-corrected chi connectivity index (χ2v) is 6.35. The zero-order valence-corrected chi connectivity index (χ0v) is 13.3. The second-order valence-electron chi connectivity index (χ2n) is 6.35. The van der Waals surface area contributed by atoms with Crippen molar-refractivity contribution >= 4 is 0 Å². The van der Waals surface area contributed by atoms with Crippen molar-refractivity contribution in [2.24, 2.45) is 5.41 Å². The predicted octanol–water partition coefficient (Wildman–Crippen LogP) is 4.53. The molecular formula is C17H35NO. The van der Waals surface area contributed by atoms with E-state index in [-0.39, 0.29) is 0 Å². The van der Waals surface area contributed by atoms with Gasteiger partial charge in [0.1, 0.15) is 0 Å². The van der Waals surface area contributed by atoms with E-state index in [4.69, 9.17) is 4.74 Å². The summed E-state index contributed by atoms with van der Waals surface area (Å²) in [6.07, 6.45) is 13.7. The van der Waals surface area contributed by atoms with Crippen LogP contribution in [0.15, 0.2) is 0 Å². The summed E-state index contributed by atoms with van der Waals surface area (Å²) >= 11 is 0. The largest absolute Gasteiger partial charge is 0.381 e. The maximum atomic E-state index is 5.66. The van der Waals surface area contributed by atoms with Gasteiger partial charge in [0.05, 0.1) is 6.61 Å². The van der Waals surface area contributed by atoms with Gasteiger partial charge in [-0.2, -0.15) is 0 Å². The summed E-state index contributed by atoms with van der Waals surface area (Å²) in [5, 5.41) is 3.61. The summed E-state index contributed by atoms with van der Waals surface area (Å²) < 4.78 is 5.66. The summed E-state index contributed by atoms with van der Waals surface area (Å²) in [4.78, 5) is 0. The van der Waals surface area contributed by atoms with Gasteiger partial charge in [0.2, 0.25) is 0 Å². The molecule has 0 amide bonds. The van der Waals surface area contributed by atoms with Gasteiger partial charge in [0, 0.05) is 18.6 Å². The van der Waals surface area contributed by atoms with Crippen molar-refractivity contribution in [1.29, 1.82) is 0 Å². The lowest BCUT2D eigenvalue weighted by molar-refractivity contribution is 0.142. The third-order valence-electron chi connectivity index (χ3n) is 4.42. The Hall–Kier alpha value is -0.0800. The van der Waals surface area contributed by atoms with Crippen molar-refractivity contribution in [3.8, 4) is 0 Å². The molecule has 1 rings (SSSR count). The normalized spacial score (nSPS) is 23.1. The molecule has 0 aromatic carbocycles. The number of rotatable bonds is 12. The van der Waals surface area contributed by atoms with Gasteiger partial charge in [-0.25, -0.2) is 0 Å². The molecular weight excluding hydrogens is 234 g/mol. The maximum absolute atomic E-state index is 5.66. The summed E-state index contributed by atoms with van der Waals surface area (Å²) in [5.74, 6) is 0. The van der Waals surface area contributed by atoms with Gasteiger partial charge in [-0.3, -0.25) is 0 Å². The first kappa shape index (κ1) is 17.0. The molecule has 0 bridgehead atoms. The minimum atomic E-state index is 0.457. The van der Waals surface area contributed by atoms with Crippen LogP contribution in [0, 0.1) is 5.41 Å². The van der Waals surface area contributed by atoms with E-state index in [2.05, 4.69) is 19.2 Å². The molecule has 1 fully saturated rings. The van der Waals surface area contributed by atoms with E-state index >= 15 is 0 Å². The van der Waals surface area contributed by atoms with Crippen LogP contribution < -0.4 is 5.32 Å². The van der Waals surface area contributed by atoms with Crippen LogP contribution >= 0.6 is 0 Å². The molecule has 2 nitrogen and oxygen atoms in total. The monoisotopic (exact) mass is 269 g/mol. The minimum Gasteiger partial charge on any atom is -0.381 e. The Morgan fingerprint density at radius 1 is 0.947 bits per heavy atom. The smallest absolute Gasteiger partial charge is 0.0535 e. The SMILES string of the molecule is CCCCCCCCCC1(CNCCC)CCOC1. The first-order chi connectivity index (χ1) is 9.33. The average Bonchev–Trinajstić information content (AvgIpc) is 2.87. The number of unbranched alkanes of at least 4 members (excludes halogenated alkanes) is 6. The fourth-order valence-electron chi connectivity index (χ4n) is 3.06. The van der Waals surface area contributed by atoms with Gasteiger partial charge in [-0.05, 0) is 25.8 Å². The molecule has 1 N–H and O–H groups in total. The highest BCUT2D eigenvalue weighted by Crippen LogP contribution is 2.33. The average molecular weight is 269 g/mol. The molecule has 1 saturated heterocycles. The van der Waals surface area contributed by atoms with Crippen LogP contribution in [-0.4, -0.2) is 26.3 Å². The molecule has 0 spiro atoms. The molecule has 0 radical (unpaired) electrons. The molecule has 0 aliphatic carbocycles. The molecule has 0 aromatic heterocycles. The van der Waals surface area contributed by atoms with Gasteiger partial charge in [-0.1, -0.05) is 58.8 Å². The highest BCUT2D eigenvalue weighted by Gasteiger charge is 2.33. The van der Waals surface area contributed by atoms with Crippen LogP contribution in [0.4, 0.5) is 0 Å². The van der Waals surface area contributed by atoms with Gasteiger partial charge in [-0.15, -0.1) is 0 Å². The Morgan fingerprint density at radius 2 is 1.68 bits per heavy atom. The fraction of sp³-hybridized carbons (Fsp3) is 1.00. The number of hydrogen-bond donors (Lipinski definition) is 1. The predicted molar refractivity (Wildman–Crippen MR) is 83.6 cm³/mol. The van der Waals surface area contributed by atoms with E-state index in [1.54, 1.807) is 0 Å². The molecule has 1 aliphatic rings. The Labute approximate surface area is 120 Å². The fourth-order valence-corrected chi connectivity index (χ4v) is 3.06. The maximum Gasteiger partial charge on any atom is 0.0535 e. The molecule has 0 aromatic rings. The van der Waals surface area contributed by atoms with Crippen LogP contribution in [0.2, 0.25) is 0 Å². The Balaban J connectivity index is 2.08. The Bertz CT molecular complexity index is 199. The minimum absolute atomic E-state index is 0.457. The Kier molecular flexibility index (Phi) is 9.54. The number of hydrogen-bond acceptors (Lipinski definition) is 2. The highest BCUT2D eigenvalue weighted by molar-refractivity contribution is 4.85. The zero-order valence-electron chi connectivity index (χ0n) is 13.3. The quantitative estimate of drug-likeness (QED) is 0.525. The van der Waals surface area contributed by atoms with Crippen LogP contribution in [-0.2, 0) is 4.74 Å². The molecule has 114 valence electrons. The molecule has 2 heteroatoms. The molecule has 1 unspecified atom stereocenters. The number of nitrogens with one attached hydrogen (secondary N) is 1. The van der Waals surface area contributed by atoms with Crippen LogP contribution in [0.25, 0.3) is 0 Å². The third-order valence-corrected chi connectivity index (χ3v) is 4.42. The number of ether oxygens (including phenoxy) is 1. The molecule has 0 saturated carbocycles. The lowest BCUT2D eigenvalue weighted by Crippen LogP contribution is -2.35. The Morgan fingerprint density at radius 3 is 2.32 bits per heavy atom. The topological polar surface area (TPSA) is 21.3 Å². The van der Waals surface area contributed by atoms with E-state index in [9.17, 15) is 0 Å². The van der Waals surface area contributed by atoms with Gasteiger partial charge in [0.25, 0.3) is 0 Å². The van der Waals surface area contributed by atoms with Crippen molar-refractivity contribution in [2.45, 2.75) is 78.1 Å². The highest BCUT2D eigenvalue weighted by atomic mass is 16.5. The van der Waals surface area contributed by atoms with Gasteiger partial charge < -0.3 is 10.1 Å². The molecule has 1 heterocycles. The lowest BCUT2D eigenvalue weighted by atomic mass is 9.81. The van der Waals surface area contributed by atoms with Crippen molar-refractivity contribution in [3.63, 3.8) is 0 Å². The van der Waals surface area contributed by atoms with Crippen LogP contribution in [0.1, 0.15) is 78.1 Å². The van der Waals surface area contributed by atoms with Crippen molar-refractivity contribution in [1.82, 2.24) is 5.32 Å². The van der Waals surface area contributed by atoms with E-state index in [1.807, 2.05) is 0 Å². The van der Waals surface area contributed by atoms with E-state index in [1.165, 1.54) is 64.2 Å². The van der Waals surface area contributed by atoms with E-state index in [0.717, 1.165) is 26.3 Å². The van der Waals surface area contributed by atoms with Crippen molar-refractivity contribution < 1.29 is 4.74 Å². The lowest BCUT2D eigenvalue weighted by Gasteiger charge is -2.27. The second kappa shape index (κ2) is 10.7. The van der Waals surface area contributed by atoms with Gasteiger partial charge >= 0.3 is 0 Å². The zero-order chi connectivity index (χ0) is 13.8. The summed E-state index contributed by atoms with van der Waals surface area (Å²) in [6.45, 7) is 8.80. The molecule has 1 aliphatic heterocycles. The van der Waals surface area contributed by atoms with Gasteiger partial charge in [0.15, 0.2) is 0 Å². The standard InChI is InChI=1S/C17H35NO/c1-3-5-6-7-8-9-10-11-17(12-14-19-16-17)15-18-13-4-2/h18H,3-16H2,1-2H3. The summed E-state index contributed by atoms with van der Waals surface area (Å²) in [5.41, 5.74) is 0.457. The van der Waals surface area contributed by atoms with E-state index < -0.39 is 0 Å².